The van der Waals surface area contributed by atoms with Gasteiger partial charge in [0, 0.05) is 10.6 Å². The molecule has 1 amide bonds. The average Bonchev–Trinajstić information content (AvgIpc) is 2.49. The monoisotopic (exact) mass is 369 g/mol. The summed E-state index contributed by atoms with van der Waals surface area (Å²) in [6, 6.07) is 4.38. The largest absolute Gasteiger partial charge is 0.496 e. The molecule has 0 aliphatic rings. The van der Waals surface area contributed by atoms with Crippen LogP contribution in [0.5, 0.6) is 5.75 Å². The van der Waals surface area contributed by atoms with Crippen molar-refractivity contribution in [2.45, 2.75) is 39.3 Å². The van der Waals surface area contributed by atoms with Gasteiger partial charge >= 0.3 is 12.1 Å². The predicted octanol–water partition coefficient (Wildman–Crippen LogP) is 3.82. The van der Waals surface area contributed by atoms with E-state index in [2.05, 4.69) is 5.32 Å². The predicted molar refractivity (Wildman–Crippen MR) is 96.8 cm³/mol. The van der Waals surface area contributed by atoms with E-state index in [0.29, 0.717) is 16.3 Å². The molecular formula is C18H24ClNO5. The normalized spacial score (nSPS) is 13.0. The van der Waals surface area contributed by atoms with E-state index in [9.17, 15) is 9.59 Å². The van der Waals surface area contributed by atoms with E-state index in [-0.39, 0.29) is 5.57 Å². The van der Waals surface area contributed by atoms with Gasteiger partial charge in [0.05, 0.1) is 25.8 Å². The number of amides is 1. The Hall–Kier alpha value is -2.21. The van der Waals surface area contributed by atoms with Crippen molar-refractivity contribution in [3.05, 3.63) is 34.4 Å². The van der Waals surface area contributed by atoms with E-state index in [0.717, 1.165) is 0 Å². The minimum Gasteiger partial charge on any atom is -0.496 e. The average molecular weight is 370 g/mol. The number of hydrogen-bond acceptors (Lipinski definition) is 5. The molecule has 1 N–H and O–H groups in total. The number of rotatable bonds is 5. The third-order valence-electron chi connectivity index (χ3n) is 3.12. The van der Waals surface area contributed by atoms with Crippen LogP contribution in [0.3, 0.4) is 0 Å². The van der Waals surface area contributed by atoms with Crippen LogP contribution in [0.15, 0.2) is 23.8 Å². The Labute approximate surface area is 153 Å². The topological polar surface area (TPSA) is 73.9 Å². The van der Waals surface area contributed by atoms with Gasteiger partial charge in [-0.2, -0.15) is 0 Å². The summed E-state index contributed by atoms with van der Waals surface area (Å²) in [5, 5.41) is 3.11. The zero-order valence-corrected chi connectivity index (χ0v) is 16.1. The lowest BCUT2D eigenvalue weighted by Gasteiger charge is -2.22. The number of methoxy groups -OCH3 is 2. The molecule has 138 valence electrons. The second-order valence-corrected chi connectivity index (χ2v) is 6.78. The zero-order chi connectivity index (χ0) is 19.2. The Kier molecular flexibility index (Phi) is 7.30. The molecule has 0 aliphatic carbocycles. The van der Waals surface area contributed by atoms with E-state index >= 15 is 0 Å². The van der Waals surface area contributed by atoms with Crippen LogP contribution in [0.1, 0.15) is 33.3 Å². The smallest absolute Gasteiger partial charge is 0.408 e. The number of carbonyl (C=O) groups excluding carboxylic acids is 2. The molecule has 1 atom stereocenters. The second kappa shape index (κ2) is 8.76. The summed E-state index contributed by atoms with van der Waals surface area (Å²) in [7, 11) is 2.78. The molecule has 0 heterocycles. The second-order valence-electron chi connectivity index (χ2n) is 6.35. The number of carbonyl (C=O) groups is 2. The fourth-order valence-corrected chi connectivity index (χ4v) is 2.21. The SMILES string of the molecule is COC(=O)/C(=C/c1cc(Cl)ccc1OC)C(C)NC(=O)OC(C)(C)C. The number of esters is 1. The van der Waals surface area contributed by atoms with Crippen LogP contribution in [0.2, 0.25) is 5.02 Å². The number of benzene rings is 1. The molecule has 0 aromatic heterocycles. The van der Waals surface area contributed by atoms with Crippen molar-refractivity contribution in [1.29, 1.82) is 0 Å². The lowest BCUT2D eigenvalue weighted by Crippen LogP contribution is -2.40. The minimum absolute atomic E-state index is 0.230. The van der Waals surface area contributed by atoms with E-state index in [1.165, 1.54) is 14.2 Å². The Morgan fingerprint density at radius 1 is 1.24 bits per heavy atom. The van der Waals surface area contributed by atoms with E-state index in [1.54, 1.807) is 52.0 Å². The molecule has 0 fully saturated rings. The molecule has 6 nitrogen and oxygen atoms in total. The highest BCUT2D eigenvalue weighted by Crippen LogP contribution is 2.26. The van der Waals surface area contributed by atoms with Crippen LogP contribution in [0.25, 0.3) is 6.08 Å². The van der Waals surface area contributed by atoms with Gasteiger partial charge in [-0.1, -0.05) is 11.6 Å². The molecule has 25 heavy (non-hydrogen) atoms. The van der Waals surface area contributed by atoms with Gasteiger partial charge in [-0.15, -0.1) is 0 Å². The first-order valence-electron chi connectivity index (χ1n) is 7.70. The van der Waals surface area contributed by atoms with Crippen molar-refractivity contribution in [1.82, 2.24) is 5.32 Å². The highest BCUT2D eigenvalue weighted by Gasteiger charge is 2.23. The molecule has 7 heteroatoms. The number of halogens is 1. The van der Waals surface area contributed by atoms with E-state index in [4.69, 9.17) is 25.8 Å². The summed E-state index contributed by atoms with van der Waals surface area (Å²) in [5.41, 5.74) is 0.178. The van der Waals surface area contributed by atoms with Crippen molar-refractivity contribution in [3.8, 4) is 5.75 Å². The molecule has 1 unspecified atom stereocenters. The van der Waals surface area contributed by atoms with Gasteiger partial charge in [-0.3, -0.25) is 0 Å². The highest BCUT2D eigenvalue weighted by molar-refractivity contribution is 6.30. The van der Waals surface area contributed by atoms with Crippen LogP contribution in [-0.2, 0) is 14.3 Å². The Morgan fingerprint density at radius 2 is 1.88 bits per heavy atom. The summed E-state index contributed by atoms with van der Waals surface area (Å²) < 4.78 is 15.3. The van der Waals surface area contributed by atoms with Crippen LogP contribution in [0.4, 0.5) is 4.79 Å². The molecule has 0 aliphatic heterocycles. The van der Waals surface area contributed by atoms with Gasteiger partial charge in [0.15, 0.2) is 0 Å². The molecule has 0 saturated heterocycles. The number of hydrogen-bond donors (Lipinski definition) is 1. The van der Waals surface area contributed by atoms with Crippen molar-refractivity contribution in [3.63, 3.8) is 0 Å². The maximum Gasteiger partial charge on any atom is 0.408 e. The third kappa shape index (κ3) is 6.66. The van der Waals surface area contributed by atoms with Crippen molar-refractivity contribution < 1.29 is 23.8 Å². The maximum absolute atomic E-state index is 12.2. The molecular weight excluding hydrogens is 346 g/mol. The molecule has 0 spiro atoms. The molecule has 0 saturated carbocycles. The number of alkyl carbamates (subject to hydrolysis) is 1. The fourth-order valence-electron chi connectivity index (χ4n) is 2.03. The lowest BCUT2D eigenvalue weighted by atomic mass is 10.0. The van der Waals surface area contributed by atoms with Crippen LogP contribution < -0.4 is 10.1 Å². The first-order chi connectivity index (χ1) is 11.6. The first-order valence-corrected chi connectivity index (χ1v) is 8.08. The highest BCUT2D eigenvalue weighted by atomic mass is 35.5. The first kappa shape index (κ1) is 20.8. The minimum atomic E-state index is -0.647. The van der Waals surface area contributed by atoms with Gasteiger partial charge in [-0.25, -0.2) is 9.59 Å². The molecule has 0 bridgehead atoms. The Balaban J connectivity index is 3.15. The van der Waals surface area contributed by atoms with Crippen LogP contribution in [0, 0.1) is 0 Å². The van der Waals surface area contributed by atoms with Crippen molar-refractivity contribution in [2.24, 2.45) is 0 Å². The Bertz CT molecular complexity index is 664. The van der Waals surface area contributed by atoms with Gasteiger partial charge < -0.3 is 19.5 Å². The van der Waals surface area contributed by atoms with E-state index in [1.807, 2.05) is 0 Å². The van der Waals surface area contributed by atoms with Gasteiger partial charge in [0.2, 0.25) is 0 Å². The summed E-state index contributed by atoms with van der Waals surface area (Å²) in [6.07, 6.45) is 0.936. The molecule has 1 rings (SSSR count). The van der Waals surface area contributed by atoms with Crippen LogP contribution >= 0.6 is 11.6 Å². The standard InChI is InChI=1S/C18H24ClNO5/c1-11(20-17(22)25-18(2,3)4)14(16(21)24-6)10-12-9-13(19)7-8-15(12)23-5/h7-11H,1-6H3,(H,20,22)/b14-10+. The summed E-state index contributed by atoms with van der Waals surface area (Å²) in [6.45, 7) is 6.92. The molecule has 1 aromatic rings. The number of ether oxygens (including phenoxy) is 3. The van der Waals surface area contributed by atoms with Crippen LogP contribution in [-0.4, -0.2) is 37.9 Å². The van der Waals surface area contributed by atoms with Gasteiger partial charge in [0.1, 0.15) is 11.4 Å². The van der Waals surface area contributed by atoms with Gasteiger partial charge in [-0.05, 0) is 52.0 Å². The molecule has 1 aromatic carbocycles. The third-order valence-corrected chi connectivity index (χ3v) is 3.36. The summed E-state index contributed by atoms with van der Waals surface area (Å²) in [4.78, 5) is 24.1. The van der Waals surface area contributed by atoms with E-state index < -0.39 is 23.7 Å². The summed E-state index contributed by atoms with van der Waals surface area (Å²) in [5.74, 6) is -0.0409. The maximum atomic E-state index is 12.2. The fraction of sp³-hybridized carbons (Fsp3) is 0.444. The zero-order valence-electron chi connectivity index (χ0n) is 15.3. The number of nitrogens with one attached hydrogen (secondary N) is 1. The summed E-state index contributed by atoms with van der Waals surface area (Å²) >= 11 is 6.02. The lowest BCUT2D eigenvalue weighted by molar-refractivity contribution is -0.136. The van der Waals surface area contributed by atoms with Crippen molar-refractivity contribution >= 4 is 29.7 Å². The van der Waals surface area contributed by atoms with Crippen molar-refractivity contribution in [2.75, 3.05) is 14.2 Å². The molecule has 0 radical (unpaired) electrons. The van der Waals surface area contributed by atoms with Gasteiger partial charge in [0.25, 0.3) is 0 Å². The Morgan fingerprint density at radius 3 is 2.40 bits per heavy atom. The quantitative estimate of drug-likeness (QED) is 0.631.